The van der Waals surface area contributed by atoms with E-state index >= 15 is 0 Å². The van der Waals surface area contributed by atoms with Gasteiger partial charge < -0.3 is 10.1 Å². The first-order valence-electron chi connectivity index (χ1n) is 9.93. The van der Waals surface area contributed by atoms with E-state index in [0.717, 1.165) is 6.04 Å². The number of benzene rings is 2. The summed E-state index contributed by atoms with van der Waals surface area (Å²) in [6.45, 7) is 7.77. The van der Waals surface area contributed by atoms with Crippen molar-refractivity contribution >= 4 is 35.4 Å². The van der Waals surface area contributed by atoms with E-state index in [0.29, 0.717) is 33.0 Å². The maximum absolute atomic E-state index is 14.6. The lowest BCUT2D eigenvalue weighted by atomic mass is 10.0. The molecular formula is C22H23BrF3N3OSi. The van der Waals surface area contributed by atoms with Crippen LogP contribution in [-0.4, -0.2) is 26.4 Å². The average molecular weight is 510 g/mol. The number of nitrogens with zero attached hydrogens (tertiary/aromatic N) is 1. The number of nitrogens with one attached hydrogen (secondary N) is 2. The molecule has 9 heteroatoms. The SMILES string of the molecule is C[Si](C)(C)CCOCN1NC2=c3ccc(F)cc3=C(c3c(F)cccc3F)NC2=C1Br. The van der Waals surface area contributed by atoms with Gasteiger partial charge in [-0.15, -0.1) is 0 Å². The van der Waals surface area contributed by atoms with Gasteiger partial charge in [0.05, 0.1) is 22.7 Å². The largest absolute Gasteiger partial charge is 0.360 e. The zero-order chi connectivity index (χ0) is 22.3. The van der Waals surface area contributed by atoms with Crippen LogP contribution in [0.1, 0.15) is 5.56 Å². The van der Waals surface area contributed by atoms with Crippen LogP contribution in [0.2, 0.25) is 25.7 Å². The van der Waals surface area contributed by atoms with E-state index in [1.807, 2.05) is 0 Å². The molecule has 0 atom stereocenters. The first-order chi connectivity index (χ1) is 14.7. The summed E-state index contributed by atoms with van der Waals surface area (Å²) in [7, 11) is -1.21. The van der Waals surface area contributed by atoms with Crippen molar-refractivity contribution < 1.29 is 17.9 Å². The highest BCUT2D eigenvalue weighted by molar-refractivity contribution is 9.11. The fraction of sp³-hybridized carbons (Fsp3) is 0.273. The van der Waals surface area contributed by atoms with Crippen LogP contribution in [0, 0.1) is 17.5 Å². The Kier molecular flexibility index (Phi) is 5.93. The monoisotopic (exact) mass is 509 g/mol. The van der Waals surface area contributed by atoms with Crippen LogP contribution in [0.3, 0.4) is 0 Å². The highest BCUT2D eigenvalue weighted by atomic mass is 79.9. The molecule has 2 N–H and O–H groups in total. The van der Waals surface area contributed by atoms with Gasteiger partial charge in [-0.3, -0.25) is 10.4 Å². The predicted octanol–water partition coefficient (Wildman–Crippen LogP) is 3.67. The molecule has 2 aliphatic rings. The first kappa shape index (κ1) is 22.0. The zero-order valence-electron chi connectivity index (χ0n) is 17.5. The van der Waals surface area contributed by atoms with E-state index < -0.39 is 25.5 Å². The molecule has 2 heterocycles. The quantitative estimate of drug-likeness (QED) is 0.354. The molecule has 0 amide bonds. The lowest BCUT2D eigenvalue weighted by molar-refractivity contribution is 0.0483. The Morgan fingerprint density at radius 2 is 1.68 bits per heavy atom. The summed E-state index contributed by atoms with van der Waals surface area (Å²) in [4.78, 5) is 0. The molecule has 2 aliphatic heterocycles. The molecule has 164 valence electrons. The Balaban J connectivity index is 1.75. The third kappa shape index (κ3) is 4.39. The first-order valence-corrected chi connectivity index (χ1v) is 14.4. The van der Waals surface area contributed by atoms with Gasteiger partial charge in [-0.2, -0.15) is 0 Å². The van der Waals surface area contributed by atoms with Gasteiger partial charge in [-0.25, -0.2) is 13.2 Å². The predicted molar refractivity (Wildman–Crippen MR) is 121 cm³/mol. The van der Waals surface area contributed by atoms with Crippen LogP contribution < -0.4 is 21.2 Å². The lowest BCUT2D eigenvalue weighted by Crippen LogP contribution is -2.43. The molecule has 2 aromatic carbocycles. The minimum atomic E-state index is -1.21. The van der Waals surface area contributed by atoms with E-state index in [-0.39, 0.29) is 18.0 Å². The number of rotatable bonds is 6. The Morgan fingerprint density at radius 3 is 2.35 bits per heavy atom. The van der Waals surface area contributed by atoms with Crippen LogP contribution in [0.15, 0.2) is 46.7 Å². The normalized spacial score (nSPS) is 15.6. The maximum atomic E-state index is 14.6. The molecule has 4 nitrogen and oxygen atoms in total. The van der Waals surface area contributed by atoms with Crippen molar-refractivity contribution in [1.29, 1.82) is 0 Å². The summed E-state index contributed by atoms with van der Waals surface area (Å²) in [6, 6.07) is 8.90. The van der Waals surface area contributed by atoms with Crippen molar-refractivity contribution in [3.8, 4) is 0 Å². The van der Waals surface area contributed by atoms with Gasteiger partial charge in [0, 0.05) is 25.1 Å². The number of hydrogen-bond acceptors (Lipinski definition) is 4. The van der Waals surface area contributed by atoms with Gasteiger partial charge in [0.15, 0.2) is 0 Å². The molecule has 0 bridgehead atoms. The van der Waals surface area contributed by atoms with E-state index in [1.165, 1.54) is 30.3 Å². The summed E-state index contributed by atoms with van der Waals surface area (Å²) in [5.74, 6) is -1.95. The van der Waals surface area contributed by atoms with Crippen LogP contribution in [0.25, 0.3) is 11.4 Å². The fourth-order valence-corrected chi connectivity index (χ4v) is 4.72. The third-order valence-corrected chi connectivity index (χ3v) is 7.67. The van der Waals surface area contributed by atoms with Gasteiger partial charge >= 0.3 is 0 Å². The second-order valence-electron chi connectivity index (χ2n) is 8.72. The Hall–Kier alpha value is -2.23. The fourth-order valence-electron chi connectivity index (χ4n) is 3.48. The van der Waals surface area contributed by atoms with E-state index in [4.69, 9.17) is 4.74 Å². The lowest BCUT2D eigenvalue weighted by Gasteiger charge is -2.21. The molecule has 0 aromatic heterocycles. The van der Waals surface area contributed by atoms with Crippen LogP contribution in [-0.2, 0) is 4.74 Å². The minimum Gasteiger partial charge on any atom is -0.360 e. The number of halogens is 4. The number of hydrogen-bond donors (Lipinski definition) is 2. The Bertz CT molecular complexity index is 1170. The van der Waals surface area contributed by atoms with Crippen LogP contribution in [0.4, 0.5) is 13.2 Å². The van der Waals surface area contributed by atoms with Crippen LogP contribution in [0.5, 0.6) is 0 Å². The number of fused-ring (bicyclic) bond motifs is 2. The van der Waals surface area contributed by atoms with Crippen LogP contribution >= 0.6 is 15.9 Å². The van der Waals surface area contributed by atoms with Crippen molar-refractivity contribution in [2.24, 2.45) is 0 Å². The third-order valence-electron chi connectivity index (χ3n) is 5.14. The molecule has 4 rings (SSSR count). The molecule has 0 aliphatic carbocycles. The average Bonchev–Trinajstić information content (AvgIpc) is 3.00. The van der Waals surface area contributed by atoms with Gasteiger partial charge in [-0.05, 0) is 52.3 Å². The van der Waals surface area contributed by atoms with Crippen molar-refractivity contribution in [2.45, 2.75) is 25.7 Å². The molecular weight excluding hydrogens is 487 g/mol. The summed E-state index contributed by atoms with van der Waals surface area (Å²) < 4.78 is 49.7. The summed E-state index contributed by atoms with van der Waals surface area (Å²) in [6.07, 6.45) is 0. The topological polar surface area (TPSA) is 36.5 Å². The standard InChI is InChI=1S/C22H23BrF3N3OSi/c1-31(2,3)10-9-30-12-29-22(23)21-20(28-29)14-8-7-13(24)11-15(14)19(27-21)18-16(25)5-4-6-17(18)26/h4-8,11,27-28H,9-10,12H2,1-3H3. The molecule has 0 unspecified atom stereocenters. The molecule has 0 saturated heterocycles. The zero-order valence-corrected chi connectivity index (χ0v) is 20.0. The highest BCUT2D eigenvalue weighted by Gasteiger charge is 2.31. The maximum Gasteiger partial charge on any atom is 0.138 e. The second-order valence-corrected chi connectivity index (χ2v) is 15.1. The molecule has 0 radical (unpaired) electrons. The summed E-state index contributed by atoms with van der Waals surface area (Å²) in [5, 5.41) is 5.87. The molecule has 0 fully saturated rings. The van der Waals surface area contributed by atoms with E-state index in [9.17, 15) is 13.2 Å². The van der Waals surface area contributed by atoms with Crippen molar-refractivity contribution in [3.63, 3.8) is 0 Å². The number of hydrazine groups is 1. The Morgan fingerprint density at radius 1 is 0.968 bits per heavy atom. The minimum absolute atomic E-state index is 0.170. The molecule has 31 heavy (non-hydrogen) atoms. The van der Waals surface area contributed by atoms with Gasteiger partial charge in [-0.1, -0.05) is 25.7 Å². The summed E-state index contributed by atoms with van der Waals surface area (Å²) >= 11 is 3.56. The van der Waals surface area contributed by atoms with E-state index in [1.54, 1.807) is 11.1 Å². The molecule has 0 saturated carbocycles. The van der Waals surface area contributed by atoms with Gasteiger partial charge in [0.25, 0.3) is 0 Å². The van der Waals surface area contributed by atoms with E-state index in [2.05, 4.69) is 46.3 Å². The smallest absolute Gasteiger partial charge is 0.138 e. The van der Waals surface area contributed by atoms with Gasteiger partial charge in [0.1, 0.15) is 28.8 Å². The van der Waals surface area contributed by atoms with Crippen molar-refractivity contribution in [3.05, 3.63) is 80.2 Å². The van der Waals surface area contributed by atoms with Crippen molar-refractivity contribution in [2.75, 3.05) is 13.3 Å². The summed E-state index contributed by atoms with van der Waals surface area (Å²) in [5.41, 5.74) is 4.47. The molecule has 0 spiro atoms. The second kappa shape index (κ2) is 8.37. The number of ether oxygens (including phenoxy) is 1. The Labute approximate surface area is 188 Å². The van der Waals surface area contributed by atoms with Crippen molar-refractivity contribution in [1.82, 2.24) is 15.8 Å². The van der Waals surface area contributed by atoms with Gasteiger partial charge in [0.2, 0.25) is 0 Å². The highest BCUT2D eigenvalue weighted by Crippen LogP contribution is 2.30. The molecule has 2 aromatic rings.